The van der Waals surface area contributed by atoms with Crippen molar-refractivity contribution in [3.05, 3.63) is 0 Å². The number of nitrogens with zero attached hydrogens (tertiary/aromatic N) is 2. The molecule has 84 valence electrons. The monoisotopic (exact) mass is 200 g/mol. The van der Waals surface area contributed by atoms with Crippen LogP contribution in [0.2, 0.25) is 0 Å². The van der Waals surface area contributed by atoms with Crippen LogP contribution in [0.4, 0.5) is 0 Å². The van der Waals surface area contributed by atoms with Crippen molar-refractivity contribution in [3.63, 3.8) is 0 Å². The minimum absolute atomic E-state index is 0.298. The van der Waals surface area contributed by atoms with Crippen LogP contribution in [0.1, 0.15) is 19.3 Å². The van der Waals surface area contributed by atoms with Gasteiger partial charge in [-0.05, 0) is 53.6 Å². The van der Waals surface area contributed by atoms with Gasteiger partial charge in [0.25, 0.3) is 0 Å². The van der Waals surface area contributed by atoms with Crippen LogP contribution in [-0.4, -0.2) is 56.4 Å². The molecule has 0 bridgehead atoms. The summed E-state index contributed by atoms with van der Waals surface area (Å²) in [5.41, 5.74) is 5.28. The number of rotatable bonds is 8. The molecule has 0 spiro atoms. The lowest BCUT2D eigenvalue weighted by molar-refractivity contribution is 0.299. The Balaban J connectivity index is 3.27. The van der Waals surface area contributed by atoms with Gasteiger partial charge in [0.05, 0.1) is 5.84 Å². The lowest BCUT2D eigenvalue weighted by atomic mass is 10.2. The van der Waals surface area contributed by atoms with E-state index in [9.17, 15) is 0 Å². The molecule has 0 aliphatic heterocycles. The summed E-state index contributed by atoms with van der Waals surface area (Å²) in [7, 11) is 6.31. The van der Waals surface area contributed by atoms with Gasteiger partial charge in [0, 0.05) is 6.42 Å². The summed E-state index contributed by atoms with van der Waals surface area (Å²) in [6.07, 6.45) is 2.91. The zero-order chi connectivity index (χ0) is 11.0. The third-order valence-corrected chi connectivity index (χ3v) is 2.13. The molecule has 0 fully saturated rings. The SMILES string of the molecule is CN(C)CCCN(C)CCCC(=N)N. The minimum Gasteiger partial charge on any atom is -0.388 e. The molecule has 0 amide bonds. The number of amidine groups is 1. The van der Waals surface area contributed by atoms with Gasteiger partial charge in [-0.25, -0.2) is 0 Å². The van der Waals surface area contributed by atoms with Crippen molar-refractivity contribution >= 4 is 5.84 Å². The molecule has 4 nitrogen and oxygen atoms in total. The van der Waals surface area contributed by atoms with Crippen LogP contribution in [0.25, 0.3) is 0 Å². The number of hydrogen-bond acceptors (Lipinski definition) is 3. The average molecular weight is 200 g/mol. The summed E-state index contributed by atoms with van der Waals surface area (Å²) in [5.74, 6) is 0.298. The van der Waals surface area contributed by atoms with E-state index in [1.807, 2.05) is 0 Å². The molecule has 0 radical (unpaired) electrons. The van der Waals surface area contributed by atoms with Gasteiger partial charge in [-0.1, -0.05) is 0 Å². The standard InChI is InChI=1S/C10H24N4/c1-13(2)7-5-9-14(3)8-4-6-10(11)12/h4-9H2,1-3H3,(H3,11,12). The van der Waals surface area contributed by atoms with Crippen LogP contribution in [0.5, 0.6) is 0 Å². The van der Waals surface area contributed by atoms with Crippen LogP contribution >= 0.6 is 0 Å². The molecule has 3 N–H and O–H groups in total. The number of nitrogens with two attached hydrogens (primary N) is 1. The third kappa shape index (κ3) is 9.48. The van der Waals surface area contributed by atoms with Crippen LogP contribution in [0.15, 0.2) is 0 Å². The molecule has 0 rings (SSSR count). The third-order valence-electron chi connectivity index (χ3n) is 2.13. The van der Waals surface area contributed by atoms with E-state index in [1.165, 1.54) is 6.42 Å². The van der Waals surface area contributed by atoms with E-state index in [2.05, 4.69) is 30.9 Å². The largest absolute Gasteiger partial charge is 0.388 e. The fourth-order valence-electron chi connectivity index (χ4n) is 1.31. The topological polar surface area (TPSA) is 56.4 Å². The van der Waals surface area contributed by atoms with E-state index >= 15 is 0 Å². The maximum atomic E-state index is 7.09. The summed E-state index contributed by atoms with van der Waals surface area (Å²) >= 11 is 0. The van der Waals surface area contributed by atoms with E-state index in [0.717, 1.165) is 32.5 Å². The van der Waals surface area contributed by atoms with Crippen molar-refractivity contribution in [1.82, 2.24) is 9.80 Å². The van der Waals surface area contributed by atoms with Crippen molar-refractivity contribution in [2.75, 3.05) is 40.8 Å². The summed E-state index contributed by atoms with van der Waals surface area (Å²) in [6.45, 7) is 3.29. The van der Waals surface area contributed by atoms with Gasteiger partial charge in [0.2, 0.25) is 0 Å². The van der Waals surface area contributed by atoms with Crippen LogP contribution in [0.3, 0.4) is 0 Å². The van der Waals surface area contributed by atoms with Gasteiger partial charge < -0.3 is 15.5 Å². The molecule has 0 aliphatic carbocycles. The van der Waals surface area contributed by atoms with E-state index in [0.29, 0.717) is 5.84 Å². The predicted octanol–water partition coefficient (Wildman–Crippen LogP) is 0.586. The van der Waals surface area contributed by atoms with Crippen LogP contribution in [-0.2, 0) is 0 Å². The Morgan fingerprint density at radius 2 is 1.64 bits per heavy atom. The van der Waals surface area contributed by atoms with Crippen LogP contribution < -0.4 is 5.73 Å². The molecular formula is C10H24N4. The Morgan fingerprint density at radius 1 is 1.07 bits per heavy atom. The summed E-state index contributed by atoms with van der Waals surface area (Å²) in [5, 5.41) is 7.09. The summed E-state index contributed by atoms with van der Waals surface area (Å²) in [6, 6.07) is 0. The first-order valence-electron chi connectivity index (χ1n) is 5.18. The van der Waals surface area contributed by atoms with Crippen molar-refractivity contribution in [2.24, 2.45) is 5.73 Å². The first kappa shape index (κ1) is 13.4. The Labute approximate surface area is 87.6 Å². The number of hydrogen-bond donors (Lipinski definition) is 2. The molecule has 0 saturated carbocycles. The second kappa shape index (κ2) is 7.76. The number of nitrogens with one attached hydrogen (secondary N) is 1. The molecule has 0 atom stereocenters. The Kier molecular flexibility index (Phi) is 7.42. The van der Waals surface area contributed by atoms with E-state index < -0.39 is 0 Å². The van der Waals surface area contributed by atoms with E-state index in [4.69, 9.17) is 11.1 Å². The molecular weight excluding hydrogens is 176 g/mol. The van der Waals surface area contributed by atoms with E-state index in [-0.39, 0.29) is 0 Å². The first-order chi connectivity index (χ1) is 6.52. The summed E-state index contributed by atoms with van der Waals surface area (Å²) in [4.78, 5) is 4.50. The Hall–Kier alpha value is -0.610. The molecule has 0 aliphatic rings. The second-order valence-electron chi connectivity index (χ2n) is 4.09. The zero-order valence-corrected chi connectivity index (χ0v) is 9.71. The van der Waals surface area contributed by atoms with Gasteiger partial charge in [0.1, 0.15) is 0 Å². The van der Waals surface area contributed by atoms with Crippen molar-refractivity contribution < 1.29 is 0 Å². The molecule has 0 unspecified atom stereocenters. The van der Waals surface area contributed by atoms with Gasteiger partial charge in [-0.15, -0.1) is 0 Å². The van der Waals surface area contributed by atoms with E-state index in [1.54, 1.807) is 0 Å². The molecule has 0 aromatic heterocycles. The van der Waals surface area contributed by atoms with Crippen molar-refractivity contribution in [3.8, 4) is 0 Å². The normalized spacial score (nSPS) is 11.2. The molecule has 4 heteroatoms. The highest BCUT2D eigenvalue weighted by Crippen LogP contribution is 1.94. The minimum atomic E-state index is 0.298. The lowest BCUT2D eigenvalue weighted by Gasteiger charge is -2.17. The highest BCUT2D eigenvalue weighted by Gasteiger charge is 1.99. The Bertz CT molecular complexity index is 156. The lowest BCUT2D eigenvalue weighted by Crippen LogP contribution is -2.25. The fraction of sp³-hybridized carbons (Fsp3) is 0.900. The second-order valence-corrected chi connectivity index (χ2v) is 4.09. The highest BCUT2D eigenvalue weighted by molar-refractivity contribution is 5.76. The molecule has 14 heavy (non-hydrogen) atoms. The van der Waals surface area contributed by atoms with Crippen molar-refractivity contribution in [2.45, 2.75) is 19.3 Å². The van der Waals surface area contributed by atoms with Gasteiger partial charge >= 0.3 is 0 Å². The average Bonchev–Trinajstić information content (AvgIpc) is 2.02. The Morgan fingerprint density at radius 3 is 2.14 bits per heavy atom. The van der Waals surface area contributed by atoms with Crippen molar-refractivity contribution in [1.29, 1.82) is 5.41 Å². The fourth-order valence-corrected chi connectivity index (χ4v) is 1.31. The maximum absolute atomic E-state index is 7.09. The molecule has 0 aromatic carbocycles. The maximum Gasteiger partial charge on any atom is 0.0905 e. The van der Waals surface area contributed by atoms with Gasteiger partial charge in [-0.2, -0.15) is 0 Å². The molecule has 0 saturated heterocycles. The molecule has 0 heterocycles. The zero-order valence-electron chi connectivity index (χ0n) is 9.71. The predicted molar refractivity (Wildman–Crippen MR) is 61.8 cm³/mol. The highest BCUT2D eigenvalue weighted by atomic mass is 15.1. The van der Waals surface area contributed by atoms with Gasteiger partial charge in [-0.3, -0.25) is 5.41 Å². The van der Waals surface area contributed by atoms with Gasteiger partial charge in [0.15, 0.2) is 0 Å². The summed E-state index contributed by atoms with van der Waals surface area (Å²) < 4.78 is 0. The first-order valence-corrected chi connectivity index (χ1v) is 5.18. The quantitative estimate of drug-likeness (QED) is 0.445. The van der Waals surface area contributed by atoms with Crippen LogP contribution in [0, 0.1) is 5.41 Å². The molecule has 0 aromatic rings. The smallest absolute Gasteiger partial charge is 0.0905 e.